The van der Waals surface area contributed by atoms with E-state index in [9.17, 15) is 28.6 Å². The molecule has 0 unspecified atom stereocenters. The Morgan fingerprint density at radius 3 is 2.25 bits per heavy atom. The maximum Gasteiger partial charge on any atom is 0.285 e. The number of nitrogens with zero attached hydrogens (tertiary/aromatic N) is 3. The van der Waals surface area contributed by atoms with Crippen molar-refractivity contribution in [2.75, 3.05) is 10.8 Å². The minimum atomic E-state index is -4.16. The molecule has 1 aliphatic rings. The Labute approximate surface area is 182 Å². The van der Waals surface area contributed by atoms with Crippen LogP contribution in [0.25, 0.3) is 11.6 Å². The first kappa shape index (κ1) is 21.2. The molecule has 0 spiro atoms. The number of sulfonamides is 1. The van der Waals surface area contributed by atoms with Gasteiger partial charge in [0.25, 0.3) is 21.4 Å². The minimum absolute atomic E-state index is 0.00494. The molecule has 4 rings (SSSR count). The maximum absolute atomic E-state index is 13.4. The normalized spacial score (nSPS) is 14.6. The third kappa shape index (κ3) is 3.62. The smallest absolute Gasteiger partial charge is 0.285 e. The Balaban J connectivity index is 1.97. The molecular weight excluding hydrogens is 438 g/mol. The van der Waals surface area contributed by atoms with Crippen LogP contribution in [0.1, 0.15) is 22.6 Å². The van der Waals surface area contributed by atoms with Gasteiger partial charge in [-0.15, -0.1) is 0 Å². The van der Waals surface area contributed by atoms with Crippen LogP contribution < -0.4 is 4.31 Å². The number of benzene rings is 2. The number of furan rings is 1. The highest BCUT2D eigenvalue weighted by Crippen LogP contribution is 2.47. The standard InChI is InChI=1S/C21H17N3O7S/c1-13-3-7-18(8-4-13)32(29,30)22-12-15(9-17-6-5-14(2)31-17)21-19(22)10-16(23(25)26)11-20(21)24(27)28/h3-11H,12H2,1-2H3/b15-9+. The van der Waals surface area contributed by atoms with Crippen molar-refractivity contribution in [3.05, 3.63) is 91.4 Å². The molecular formula is C21H17N3O7S. The number of fused-ring (bicyclic) bond motifs is 1. The van der Waals surface area contributed by atoms with E-state index >= 15 is 0 Å². The zero-order valence-corrected chi connectivity index (χ0v) is 17.8. The number of non-ortho nitro benzene ring substituents is 1. The second kappa shape index (κ2) is 7.61. The van der Waals surface area contributed by atoms with Crippen LogP contribution in [-0.2, 0) is 10.0 Å². The Hall–Kier alpha value is -3.99. The third-order valence-electron chi connectivity index (χ3n) is 5.08. The van der Waals surface area contributed by atoms with Gasteiger partial charge in [0.05, 0.1) is 38.6 Å². The summed E-state index contributed by atoms with van der Waals surface area (Å²) >= 11 is 0. The summed E-state index contributed by atoms with van der Waals surface area (Å²) in [7, 11) is -4.16. The van der Waals surface area contributed by atoms with E-state index in [1.165, 1.54) is 18.2 Å². The highest BCUT2D eigenvalue weighted by atomic mass is 32.2. The molecule has 11 heteroatoms. The summed E-state index contributed by atoms with van der Waals surface area (Å²) < 4.78 is 33.3. The van der Waals surface area contributed by atoms with E-state index in [0.717, 1.165) is 22.0 Å². The molecule has 0 atom stereocenters. The van der Waals surface area contributed by atoms with Gasteiger partial charge in [-0.25, -0.2) is 8.42 Å². The first-order valence-electron chi connectivity index (χ1n) is 9.41. The highest BCUT2D eigenvalue weighted by Gasteiger charge is 2.40. The number of hydrogen-bond donors (Lipinski definition) is 0. The zero-order chi connectivity index (χ0) is 23.2. The summed E-state index contributed by atoms with van der Waals surface area (Å²) in [6.07, 6.45) is 1.51. The van der Waals surface area contributed by atoms with E-state index in [1.807, 2.05) is 0 Å². The fourth-order valence-electron chi connectivity index (χ4n) is 3.56. The van der Waals surface area contributed by atoms with Crippen LogP contribution in [0.5, 0.6) is 0 Å². The molecule has 2 aromatic carbocycles. The van der Waals surface area contributed by atoms with Gasteiger partial charge in [-0.2, -0.15) is 0 Å². The lowest BCUT2D eigenvalue weighted by Gasteiger charge is -2.19. The molecule has 0 aliphatic carbocycles. The Morgan fingerprint density at radius 2 is 1.69 bits per heavy atom. The Bertz CT molecular complexity index is 1390. The van der Waals surface area contributed by atoms with Crippen LogP contribution in [0.3, 0.4) is 0 Å². The summed E-state index contributed by atoms with van der Waals surface area (Å²) in [5.74, 6) is 0.989. The molecule has 0 radical (unpaired) electrons. The SMILES string of the molecule is Cc1ccc(S(=O)(=O)N2C/C(=C\c3ccc(C)o3)c3c2cc([N+](=O)[O-])cc3[N+](=O)[O-])cc1. The predicted octanol–water partition coefficient (Wildman–Crippen LogP) is 4.46. The predicted molar refractivity (Wildman–Crippen MR) is 117 cm³/mol. The van der Waals surface area contributed by atoms with Crippen molar-refractivity contribution < 1.29 is 22.7 Å². The summed E-state index contributed by atoms with van der Waals surface area (Å²) in [6, 6.07) is 11.3. The summed E-state index contributed by atoms with van der Waals surface area (Å²) in [4.78, 5) is 21.6. The minimum Gasteiger partial charge on any atom is -0.462 e. The van der Waals surface area contributed by atoms with Crippen LogP contribution in [0.15, 0.2) is 57.8 Å². The number of hydrogen-bond acceptors (Lipinski definition) is 7. The van der Waals surface area contributed by atoms with E-state index in [2.05, 4.69) is 0 Å². The van der Waals surface area contributed by atoms with Crippen molar-refractivity contribution in [3.63, 3.8) is 0 Å². The van der Waals surface area contributed by atoms with Gasteiger partial charge in [0.1, 0.15) is 11.5 Å². The Kier molecular flexibility index (Phi) is 5.05. The van der Waals surface area contributed by atoms with Crippen LogP contribution in [-0.4, -0.2) is 24.8 Å². The number of rotatable bonds is 5. The lowest BCUT2D eigenvalue weighted by atomic mass is 10.0. The number of anilines is 1. The molecule has 0 saturated carbocycles. The van der Waals surface area contributed by atoms with Crippen molar-refractivity contribution >= 4 is 38.7 Å². The van der Waals surface area contributed by atoms with Gasteiger partial charge in [0.2, 0.25) is 0 Å². The molecule has 0 amide bonds. The van der Waals surface area contributed by atoms with Gasteiger partial charge < -0.3 is 4.42 Å². The molecule has 164 valence electrons. The molecule has 3 aromatic rings. The number of nitro groups is 2. The van der Waals surface area contributed by atoms with Gasteiger partial charge >= 0.3 is 0 Å². The monoisotopic (exact) mass is 455 g/mol. The maximum atomic E-state index is 13.4. The fourth-order valence-corrected chi connectivity index (χ4v) is 5.01. The average Bonchev–Trinajstić information content (AvgIpc) is 3.31. The molecule has 2 heterocycles. The van der Waals surface area contributed by atoms with Crippen LogP contribution in [0, 0.1) is 34.1 Å². The molecule has 0 bridgehead atoms. The molecule has 0 fully saturated rings. The molecule has 1 aromatic heterocycles. The molecule has 0 saturated heterocycles. The van der Waals surface area contributed by atoms with E-state index in [4.69, 9.17) is 4.42 Å². The quantitative estimate of drug-likeness (QED) is 0.409. The van der Waals surface area contributed by atoms with Crippen molar-refractivity contribution in [2.24, 2.45) is 0 Å². The number of nitro benzene ring substituents is 2. The van der Waals surface area contributed by atoms with Crippen LogP contribution in [0.2, 0.25) is 0 Å². The van der Waals surface area contributed by atoms with E-state index in [1.54, 1.807) is 38.1 Å². The van der Waals surface area contributed by atoms with Gasteiger partial charge in [-0.3, -0.25) is 24.5 Å². The van der Waals surface area contributed by atoms with Crippen LogP contribution in [0.4, 0.5) is 17.1 Å². The third-order valence-corrected chi connectivity index (χ3v) is 6.85. The topological polar surface area (TPSA) is 137 Å². The second-order valence-electron chi connectivity index (χ2n) is 7.32. The second-order valence-corrected chi connectivity index (χ2v) is 9.18. The first-order chi connectivity index (χ1) is 15.1. The van der Waals surface area contributed by atoms with Gasteiger partial charge in [0, 0.05) is 6.07 Å². The van der Waals surface area contributed by atoms with Crippen molar-refractivity contribution in [3.8, 4) is 0 Å². The average molecular weight is 455 g/mol. The van der Waals surface area contributed by atoms with E-state index in [-0.39, 0.29) is 22.7 Å². The molecule has 10 nitrogen and oxygen atoms in total. The van der Waals surface area contributed by atoms with Gasteiger partial charge in [-0.1, -0.05) is 17.7 Å². The number of aryl methyl sites for hydroxylation is 2. The largest absolute Gasteiger partial charge is 0.462 e. The lowest BCUT2D eigenvalue weighted by Crippen LogP contribution is -2.29. The van der Waals surface area contributed by atoms with Gasteiger partial charge in [0.15, 0.2) is 0 Å². The van der Waals surface area contributed by atoms with E-state index in [0.29, 0.717) is 17.1 Å². The molecule has 32 heavy (non-hydrogen) atoms. The van der Waals surface area contributed by atoms with Crippen molar-refractivity contribution in [2.45, 2.75) is 18.7 Å². The van der Waals surface area contributed by atoms with Gasteiger partial charge in [-0.05, 0) is 49.8 Å². The summed E-state index contributed by atoms with van der Waals surface area (Å²) in [5.41, 5.74) is -0.0937. The van der Waals surface area contributed by atoms with E-state index < -0.39 is 31.2 Å². The van der Waals surface area contributed by atoms with Crippen molar-refractivity contribution in [1.82, 2.24) is 0 Å². The molecule has 1 aliphatic heterocycles. The molecule has 0 N–H and O–H groups in total. The van der Waals surface area contributed by atoms with Crippen LogP contribution >= 0.6 is 0 Å². The zero-order valence-electron chi connectivity index (χ0n) is 17.0. The summed E-state index contributed by atoms with van der Waals surface area (Å²) in [5, 5.41) is 23.2. The lowest BCUT2D eigenvalue weighted by molar-refractivity contribution is -0.394. The summed E-state index contributed by atoms with van der Waals surface area (Å²) in [6.45, 7) is 3.29. The fraction of sp³-hybridized carbons (Fsp3) is 0.143. The first-order valence-corrected chi connectivity index (χ1v) is 10.9. The highest BCUT2D eigenvalue weighted by molar-refractivity contribution is 7.92. The Morgan fingerprint density at radius 1 is 1.00 bits per heavy atom. The van der Waals surface area contributed by atoms with Crippen molar-refractivity contribution in [1.29, 1.82) is 0 Å².